The first kappa shape index (κ1) is 18.5. The fraction of sp³-hybridized carbons (Fsp3) is 0.471. The highest BCUT2D eigenvalue weighted by Gasteiger charge is 2.25. The molecule has 0 aromatic carbocycles. The second-order valence-electron chi connectivity index (χ2n) is 5.93. The molecule has 0 unspecified atom stereocenters. The Hall–Kier alpha value is -1.32. The quantitative estimate of drug-likeness (QED) is 0.700. The molecule has 1 aliphatic heterocycles. The minimum Gasteiger partial charge on any atom is -0.379 e. The molecule has 2 aromatic rings. The Morgan fingerprint density at radius 3 is 2.64 bits per heavy atom. The van der Waals surface area contributed by atoms with Gasteiger partial charge in [-0.3, -0.25) is 9.88 Å². The Morgan fingerprint density at radius 1 is 1.20 bits per heavy atom. The summed E-state index contributed by atoms with van der Waals surface area (Å²) >= 11 is 1.26. The van der Waals surface area contributed by atoms with E-state index in [0.29, 0.717) is 17.3 Å². The Morgan fingerprint density at radius 2 is 1.96 bits per heavy atom. The van der Waals surface area contributed by atoms with Crippen LogP contribution in [0.25, 0.3) is 0 Å². The third kappa shape index (κ3) is 5.08. The highest BCUT2D eigenvalue weighted by Crippen LogP contribution is 2.23. The van der Waals surface area contributed by atoms with Gasteiger partial charge >= 0.3 is 0 Å². The van der Waals surface area contributed by atoms with E-state index >= 15 is 0 Å². The molecule has 1 aliphatic rings. The number of morpholine rings is 1. The van der Waals surface area contributed by atoms with Crippen molar-refractivity contribution in [3.63, 3.8) is 0 Å². The lowest BCUT2D eigenvalue weighted by Gasteiger charge is -2.28. The van der Waals surface area contributed by atoms with Crippen LogP contribution >= 0.6 is 11.3 Å². The summed E-state index contributed by atoms with van der Waals surface area (Å²) in [7, 11) is -3.47. The van der Waals surface area contributed by atoms with Gasteiger partial charge in [0.05, 0.1) is 13.2 Å². The molecule has 3 heterocycles. The monoisotopic (exact) mass is 381 g/mol. The van der Waals surface area contributed by atoms with Gasteiger partial charge in [0.15, 0.2) is 0 Å². The number of ether oxygens (including phenoxy) is 1. The third-order valence-corrected chi connectivity index (χ3v) is 7.40. The summed E-state index contributed by atoms with van der Waals surface area (Å²) in [6, 6.07) is 7.16. The zero-order chi connectivity index (χ0) is 17.5. The zero-order valence-electron chi connectivity index (χ0n) is 14.1. The van der Waals surface area contributed by atoms with E-state index in [1.165, 1.54) is 11.3 Å². The summed E-state index contributed by atoms with van der Waals surface area (Å²) in [5.74, 6) is 0. The molecular formula is C17H23N3O3S2. The molecule has 0 spiro atoms. The Labute approximate surface area is 153 Å². The number of sulfonamides is 1. The van der Waals surface area contributed by atoms with E-state index in [1.807, 2.05) is 12.1 Å². The molecule has 136 valence electrons. The summed E-state index contributed by atoms with van der Waals surface area (Å²) in [5, 5.41) is 1.80. The van der Waals surface area contributed by atoms with Gasteiger partial charge in [0.1, 0.15) is 4.21 Å². The second-order valence-corrected chi connectivity index (χ2v) is 9.05. The lowest BCUT2D eigenvalue weighted by Crippen LogP contribution is -2.39. The molecule has 8 heteroatoms. The first-order valence-corrected chi connectivity index (χ1v) is 10.7. The zero-order valence-corrected chi connectivity index (χ0v) is 15.7. The standard InChI is InChI=1S/C17H23N3O3S2/c21-25(22,17-3-1-14-24-17)20(15-16-4-6-18-7-5-16)9-2-8-19-10-12-23-13-11-19/h1,3-7,14H,2,8-13,15H2. The first-order valence-electron chi connectivity index (χ1n) is 8.39. The van der Waals surface area contributed by atoms with Crippen LogP contribution < -0.4 is 0 Å². The van der Waals surface area contributed by atoms with E-state index < -0.39 is 10.0 Å². The summed E-state index contributed by atoms with van der Waals surface area (Å²) in [4.78, 5) is 6.33. The molecule has 1 fully saturated rings. The summed E-state index contributed by atoms with van der Waals surface area (Å²) in [6.45, 7) is 5.11. The number of pyridine rings is 1. The summed E-state index contributed by atoms with van der Waals surface area (Å²) < 4.78 is 33.3. The number of aromatic nitrogens is 1. The van der Waals surface area contributed by atoms with Crippen LogP contribution in [0.2, 0.25) is 0 Å². The maximum Gasteiger partial charge on any atom is 0.252 e. The Kier molecular flexibility index (Phi) is 6.55. The van der Waals surface area contributed by atoms with Crippen molar-refractivity contribution in [1.82, 2.24) is 14.2 Å². The molecule has 2 aromatic heterocycles. The molecule has 0 saturated carbocycles. The smallest absolute Gasteiger partial charge is 0.252 e. The maximum absolute atomic E-state index is 13.0. The highest BCUT2D eigenvalue weighted by atomic mass is 32.2. The van der Waals surface area contributed by atoms with Crippen LogP contribution in [-0.4, -0.2) is 62.0 Å². The predicted molar refractivity (Wildman–Crippen MR) is 98.0 cm³/mol. The van der Waals surface area contributed by atoms with Crippen LogP contribution in [0.5, 0.6) is 0 Å². The Bertz CT molecular complexity index is 730. The fourth-order valence-electron chi connectivity index (χ4n) is 2.81. The topological polar surface area (TPSA) is 62.7 Å². The van der Waals surface area contributed by atoms with Crippen LogP contribution in [0.1, 0.15) is 12.0 Å². The van der Waals surface area contributed by atoms with Gasteiger partial charge in [0.25, 0.3) is 10.0 Å². The molecule has 0 atom stereocenters. The number of hydrogen-bond donors (Lipinski definition) is 0. The highest BCUT2D eigenvalue weighted by molar-refractivity contribution is 7.91. The number of hydrogen-bond acceptors (Lipinski definition) is 6. The molecule has 0 N–H and O–H groups in total. The van der Waals surface area contributed by atoms with E-state index in [-0.39, 0.29) is 0 Å². The minimum absolute atomic E-state index is 0.367. The van der Waals surface area contributed by atoms with E-state index in [9.17, 15) is 8.42 Å². The molecular weight excluding hydrogens is 358 g/mol. The van der Waals surface area contributed by atoms with E-state index in [1.54, 1.807) is 34.2 Å². The molecule has 25 heavy (non-hydrogen) atoms. The van der Waals surface area contributed by atoms with Gasteiger partial charge in [0, 0.05) is 38.6 Å². The van der Waals surface area contributed by atoms with E-state index in [4.69, 9.17) is 4.74 Å². The molecule has 0 amide bonds. The summed E-state index contributed by atoms with van der Waals surface area (Å²) in [5.41, 5.74) is 0.946. The normalized spacial score (nSPS) is 16.4. The Balaban J connectivity index is 1.68. The van der Waals surface area contributed by atoms with Crippen LogP contribution in [0.4, 0.5) is 0 Å². The molecule has 0 bridgehead atoms. The van der Waals surface area contributed by atoms with Gasteiger partial charge in [0.2, 0.25) is 0 Å². The van der Waals surface area contributed by atoms with Crippen molar-refractivity contribution in [3.8, 4) is 0 Å². The SMILES string of the molecule is O=S(=O)(c1cccs1)N(CCCN1CCOCC1)Cc1ccncc1. The minimum atomic E-state index is -3.47. The number of thiophene rings is 1. The van der Waals surface area contributed by atoms with Gasteiger partial charge in [-0.25, -0.2) is 8.42 Å². The number of rotatable bonds is 8. The van der Waals surface area contributed by atoms with Crippen LogP contribution in [0.15, 0.2) is 46.2 Å². The molecule has 1 saturated heterocycles. The predicted octanol–water partition coefficient (Wildman–Crippen LogP) is 2.06. The van der Waals surface area contributed by atoms with Crippen molar-refractivity contribution in [1.29, 1.82) is 0 Å². The molecule has 3 rings (SSSR count). The molecule has 0 aliphatic carbocycles. The van der Waals surface area contributed by atoms with E-state index in [2.05, 4.69) is 9.88 Å². The average Bonchev–Trinajstić information content (AvgIpc) is 3.18. The van der Waals surface area contributed by atoms with Crippen molar-refractivity contribution in [2.75, 3.05) is 39.4 Å². The number of nitrogens with zero attached hydrogens (tertiary/aromatic N) is 3. The van der Waals surface area contributed by atoms with Gasteiger partial charge < -0.3 is 4.74 Å². The second kappa shape index (κ2) is 8.86. The van der Waals surface area contributed by atoms with Crippen LogP contribution in [0, 0.1) is 0 Å². The largest absolute Gasteiger partial charge is 0.379 e. The fourth-order valence-corrected chi connectivity index (χ4v) is 5.42. The molecule has 0 radical (unpaired) electrons. The van der Waals surface area contributed by atoms with Crippen molar-refractivity contribution in [2.24, 2.45) is 0 Å². The summed E-state index contributed by atoms with van der Waals surface area (Å²) in [6.07, 6.45) is 4.19. The van der Waals surface area contributed by atoms with Crippen LogP contribution in [0.3, 0.4) is 0 Å². The first-order chi connectivity index (χ1) is 12.2. The van der Waals surface area contributed by atoms with E-state index in [0.717, 1.165) is 44.8 Å². The van der Waals surface area contributed by atoms with Crippen molar-refractivity contribution < 1.29 is 13.2 Å². The average molecular weight is 382 g/mol. The van der Waals surface area contributed by atoms with Crippen molar-refractivity contribution in [3.05, 3.63) is 47.6 Å². The van der Waals surface area contributed by atoms with Gasteiger partial charge in [-0.05, 0) is 42.1 Å². The van der Waals surface area contributed by atoms with Gasteiger partial charge in [-0.1, -0.05) is 6.07 Å². The lowest BCUT2D eigenvalue weighted by molar-refractivity contribution is 0.0368. The van der Waals surface area contributed by atoms with Crippen molar-refractivity contribution >= 4 is 21.4 Å². The van der Waals surface area contributed by atoms with Crippen LogP contribution in [-0.2, 0) is 21.3 Å². The lowest BCUT2D eigenvalue weighted by atomic mass is 10.2. The van der Waals surface area contributed by atoms with Gasteiger partial charge in [-0.2, -0.15) is 4.31 Å². The molecule has 6 nitrogen and oxygen atoms in total. The maximum atomic E-state index is 13.0. The third-order valence-electron chi connectivity index (χ3n) is 4.18. The van der Waals surface area contributed by atoms with Gasteiger partial charge in [-0.15, -0.1) is 11.3 Å². The van der Waals surface area contributed by atoms with Crippen molar-refractivity contribution in [2.45, 2.75) is 17.2 Å².